The lowest BCUT2D eigenvalue weighted by molar-refractivity contribution is -0.141. The maximum Gasteiger partial charge on any atom is 0.246 e. The number of amides is 3. The van der Waals surface area contributed by atoms with Crippen LogP contribution in [0.4, 0.5) is 5.69 Å². The van der Waals surface area contributed by atoms with Gasteiger partial charge in [0.15, 0.2) is 0 Å². The largest absolute Gasteiger partial charge is 0.379 e. The van der Waals surface area contributed by atoms with E-state index in [9.17, 15) is 14.4 Å². The van der Waals surface area contributed by atoms with Crippen LogP contribution >= 0.6 is 0 Å². The van der Waals surface area contributed by atoms with Crippen LogP contribution in [-0.4, -0.2) is 90.7 Å². The Balaban J connectivity index is 1.25. The van der Waals surface area contributed by atoms with E-state index in [1.54, 1.807) is 4.90 Å². The fourth-order valence-corrected chi connectivity index (χ4v) is 8.12. The zero-order chi connectivity index (χ0) is 29.6. The number of morpholine rings is 1. The first-order chi connectivity index (χ1) is 20.2. The van der Waals surface area contributed by atoms with Gasteiger partial charge in [-0.2, -0.15) is 0 Å². The van der Waals surface area contributed by atoms with Crippen LogP contribution in [0.15, 0.2) is 30.4 Å². The van der Waals surface area contributed by atoms with Crippen LogP contribution in [0.2, 0.25) is 0 Å². The van der Waals surface area contributed by atoms with E-state index in [1.165, 1.54) is 6.42 Å². The molecular formula is C33H46N4O5. The van der Waals surface area contributed by atoms with E-state index >= 15 is 0 Å². The number of hydrogen-bond acceptors (Lipinski definition) is 6. The van der Waals surface area contributed by atoms with Crippen molar-refractivity contribution in [1.82, 2.24) is 15.1 Å². The van der Waals surface area contributed by atoms with Crippen molar-refractivity contribution in [3.8, 4) is 0 Å². The summed E-state index contributed by atoms with van der Waals surface area (Å²) in [5.74, 6) is -1.11. The number of carbonyl (C=O) groups excluding carboxylic acids is 3. The SMILES string of the molecule is Cc1cc(C)cc(NC(=O)C2C3C=CC4(O3)C2C(=O)N(CCCN2CCOCC2)C4C(=O)NC2CCCC(C)C2C)c1. The molecule has 1 aromatic carbocycles. The topological polar surface area (TPSA) is 100 Å². The number of likely N-dealkylation sites (tertiary alicyclic amines) is 1. The lowest BCUT2D eigenvalue weighted by Gasteiger charge is -2.38. The molecular weight excluding hydrogens is 532 g/mol. The van der Waals surface area contributed by atoms with E-state index in [0.29, 0.717) is 37.3 Å². The van der Waals surface area contributed by atoms with Crippen LogP contribution in [0.1, 0.15) is 50.7 Å². The zero-order valence-electron chi connectivity index (χ0n) is 25.4. The summed E-state index contributed by atoms with van der Waals surface area (Å²) >= 11 is 0. The number of benzene rings is 1. The molecule has 4 aliphatic heterocycles. The number of nitrogens with one attached hydrogen (secondary N) is 2. The summed E-state index contributed by atoms with van der Waals surface area (Å²) in [5, 5.41) is 6.40. The third-order valence-electron chi connectivity index (χ3n) is 10.4. The lowest BCUT2D eigenvalue weighted by Crippen LogP contribution is -2.58. The Hall–Kier alpha value is -2.75. The van der Waals surface area contributed by atoms with Gasteiger partial charge >= 0.3 is 0 Å². The Kier molecular flexibility index (Phi) is 8.19. The number of fused-ring (bicyclic) bond motifs is 1. The lowest BCUT2D eigenvalue weighted by atomic mass is 9.73. The van der Waals surface area contributed by atoms with Gasteiger partial charge in [0.25, 0.3) is 0 Å². The highest BCUT2D eigenvalue weighted by Gasteiger charge is 2.72. The number of carbonyl (C=O) groups is 3. The van der Waals surface area contributed by atoms with Gasteiger partial charge in [-0.05, 0) is 61.8 Å². The summed E-state index contributed by atoms with van der Waals surface area (Å²) in [4.78, 5) is 46.3. The fourth-order valence-electron chi connectivity index (χ4n) is 8.12. The van der Waals surface area contributed by atoms with Gasteiger partial charge in [0, 0.05) is 37.9 Å². The van der Waals surface area contributed by atoms with Crippen LogP contribution in [-0.2, 0) is 23.9 Å². The van der Waals surface area contributed by atoms with E-state index in [4.69, 9.17) is 9.47 Å². The van der Waals surface area contributed by atoms with Crippen LogP contribution in [0.5, 0.6) is 0 Å². The monoisotopic (exact) mass is 578 g/mol. The van der Waals surface area contributed by atoms with Gasteiger partial charge in [0.2, 0.25) is 17.7 Å². The van der Waals surface area contributed by atoms with Crippen molar-refractivity contribution >= 4 is 23.4 Å². The molecule has 2 bridgehead atoms. The molecule has 5 aliphatic rings. The highest BCUT2D eigenvalue weighted by Crippen LogP contribution is 2.55. The molecule has 6 rings (SSSR count). The molecule has 3 amide bonds. The van der Waals surface area contributed by atoms with Gasteiger partial charge in [0.05, 0.1) is 31.2 Å². The highest BCUT2D eigenvalue weighted by atomic mass is 16.5. The Morgan fingerprint density at radius 2 is 1.76 bits per heavy atom. The molecule has 1 spiro atoms. The van der Waals surface area contributed by atoms with Crippen molar-refractivity contribution in [2.75, 3.05) is 44.7 Å². The number of ether oxygens (including phenoxy) is 2. The molecule has 42 heavy (non-hydrogen) atoms. The average molecular weight is 579 g/mol. The van der Waals surface area contributed by atoms with E-state index in [0.717, 1.165) is 50.0 Å². The van der Waals surface area contributed by atoms with Crippen LogP contribution < -0.4 is 10.6 Å². The quantitative estimate of drug-likeness (QED) is 0.460. The number of anilines is 1. The first kappa shape index (κ1) is 29.3. The summed E-state index contributed by atoms with van der Waals surface area (Å²) in [6.07, 6.45) is 7.17. The maximum absolute atomic E-state index is 14.3. The number of rotatable bonds is 8. The molecule has 0 aromatic heterocycles. The van der Waals surface area contributed by atoms with Crippen LogP contribution in [0.3, 0.4) is 0 Å². The molecule has 3 saturated heterocycles. The Bertz CT molecular complexity index is 1220. The third kappa shape index (κ3) is 5.28. The minimum atomic E-state index is -1.14. The zero-order valence-corrected chi connectivity index (χ0v) is 25.4. The molecule has 9 nitrogen and oxygen atoms in total. The summed E-state index contributed by atoms with van der Waals surface area (Å²) in [7, 11) is 0. The van der Waals surface area contributed by atoms with Gasteiger partial charge in [0.1, 0.15) is 11.6 Å². The predicted molar refractivity (Wildman–Crippen MR) is 160 cm³/mol. The van der Waals surface area contributed by atoms with Crippen molar-refractivity contribution in [2.24, 2.45) is 23.7 Å². The highest BCUT2D eigenvalue weighted by molar-refractivity contribution is 6.02. The second-order valence-electron chi connectivity index (χ2n) is 13.3. The number of aryl methyl sites for hydroxylation is 2. The second kappa shape index (κ2) is 11.7. The molecule has 8 atom stereocenters. The molecule has 9 heteroatoms. The first-order valence-corrected chi connectivity index (χ1v) is 15.9. The normalized spacial score (nSPS) is 35.9. The molecule has 0 radical (unpaired) electrons. The number of hydrogen-bond donors (Lipinski definition) is 2. The average Bonchev–Trinajstić information content (AvgIpc) is 3.59. The molecule has 2 N–H and O–H groups in total. The van der Waals surface area contributed by atoms with Gasteiger partial charge in [-0.3, -0.25) is 19.3 Å². The van der Waals surface area contributed by atoms with E-state index in [2.05, 4.69) is 35.4 Å². The van der Waals surface area contributed by atoms with Crippen molar-refractivity contribution in [3.63, 3.8) is 0 Å². The summed E-state index contributed by atoms with van der Waals surface area (Å²) in [6, 6.07) is 5.18. The van der Waals surface area contributed by atoms with Gasteiger partial charge in [-0.15, -0.1) is 0 Å². The minimum Gasteiger partial charge on any atom is -0.379 e. The van der Waals surface area contributed by atoms with Crippen molar-refractivity contribution in [1.29, 1.82) is 0 Å². The molecule has 1 saturated carbocycles. The maximum atomic E-state index is 14.3. The Labute approximate surface area is 249 Å². The van der Waals surface area contributed by atoms with Crippen LogP contribution in [0, 0.1) is 37.5 Å². The van der Waals surface area contributed by atoms with Crippen molar-refractivity contribution in [2.45, 2.75) is 77.2 Å². The molecule has 4 fully saturated rings. The molecule has 8 unspecified atom stereocenters. The standard InChI is InChI=1S/C33H46N4O5/c1-20-17-21(2)19-24(18-20)34-30(38)27-26-9-10-33(42-26)28(27)32(40)37(12-6-11-36-13-15-41-16-14-36)29(33)31(39)35-25-8-5-7-22(3)23(25)4/h9-10,17-19,22-23,25-29H,5-8,11-16H2,1-4H3,(H,34,38)(H,35,39). The predicted octanol–water partition coefficient (Wildman–Crippen LogP) is 3.06. The molecule has 1 aromatic rings. The summed E-state index contributed by atoms with van der Waals surface area (Å²) < 4.78 is 12.0. The molecule has 4 heterocycles. The molecule has 1 aliphatic carbocycles. The van der Waals surface area contributed by atoms with Gasteiger partial charge in [-0.25, -0.2) is 0 Å². The van der Waals surface area contributed by atoms with Gasteiger partial charge in [-0.1, -0.05) is 44.9 Å². The number of nitrogens with zero attached hydrogens (tertiary/aromatic N) is 2. The van der Waals surface area contributed by atoms with Crippen LogP contribution in [0.25, 0.3) is 0 Å². The van der Waals surface area contributed by atoms with E-state index < -0.39 is 29.6 Å². The summed E-state index contributed by atoms with van der Waals surface area (Å²) in [6.45, 7) is 12.9. The second-order valence-corrected chi connectivity index (χ2v) is 13.3. The van der Waals surface area contributed by atoms with Crippen molar-refractivity contribution in [3.05, 3.63) is 41.5 Å². The fraction of sp³-hybridized carbons (Fsp3) is 0.667. The Morgan fingerprint density at radius 3 is 2.50 bits per heavy atom. The summed E-state index contributed by atoms with van der Waals surface area (Å²) in [5.41, 5.74) is 1.68. The first-order valence-electron chi connectivity index (χ1n) is 15.9. The smallest absolute Gasteiger partial charge is 0.246 e. The van der Waals surface area contributed by atoms with E-state index in [-0.39, 0.29) is 23.8 Å². The Morgan fingerprint density at radius 1 is 1.02 bits per heavy atom. The van der Waals surface area contributed by atoms with Crippen molar-refractivity contribution < 1.29 is 23.9 Å². The van der Waals surface area contributed by atoms with E-state index in [1.807, 2.05) is 38.1 Å². The van der Waals surface area contributed by atoms with Gasteiger partial charge < -0.3 is 25.0 Å². The molecule has 228 valence electrons. The third-order valence-corrected chi connectivity index (χ3v) is 10.4. The minimum absolute atomic E-state index is 0.0632.